The molecule has 4 heteroatoms. The lowest BCUT2D eigenvalue weighted by atomic mass is 10.0. The number of unbranched alkanes of at least 4 members (excludes halogenated alkanes) is 1. The van der Waals surface area contributed by atoms with Crippen molar-refractivity contribution >= 4 is 22.4 Å². The highest BCUT2D eigenvalue weighted by Gasteiger charge is 2.09. The van der Waals surface area contributed by atoms with Crippen molar-refractivity contribution in [2.45, 2.75) is 40.0 Å². The number of aromatic nitrogens is 2. The van der Waals surface area contributed by atoms with Crippen LogP contribution < -0.4 is 5.32 Å². The highest BCUT2D eigenvalue weighted by atomic mass is 15.1. The molecule has 0 aliphatic carbocycles. The molecule has 0 saturated heterocycles. The van der Waals surface area contributed by atoms with E-state index in [1.54, 1.807) is 12.4 Å². The first-order valence-electron chi connectivity index (χ1n) is 9.23. The van der Waals surface area contributed by atoms with Crippen molar-refractivity contribution < 1.29 is 0 Å². The van der Waals surface area contributed by atoms with Crippen LogP contribution in [0.4, 0.5) is 5.82 Å². The van der Waals surface area contributed by atoms with Crippen molar-refractivity contribution in [3.63, 3.8) is 0 Å². The van der Waals surface area contributed by atoms with E-state index >= 15 is 0 Å². The van der Waals surface area contributed by atoms with Gasteiger partial charge in [0.05, 0.1) is 11.7 Å². The number of fused-ring (bicyclic) bond motifs is 1. The Morgan fingerprint density at radius 1 is 1.31 bits per heavy atom. The van der Waals surface area contributed by atoms with E-state index in [9.17, 15) is 0 Å². The fourth-order valence-corrected chi connectivity index (χ4v) is 2.88. The number of hydrogen-bond acceptors (Lipinski definition) is 4. The molecule has 0 aliphatic heterocycles. The molecule has 0 saturated carbocycles. The van der Waals surface area contributed by atoms with E-state index in [4.69, 9.17) is 0 Å². The molecule has 0 amide bonds. The van der Waals surface area contributed by atoms with Gasteiger partial charge in [-0.15, -0.1) is 0 Å². The second-order valence-electron chi connectivity index (χ2n) is 6.65. The molecule has 138 valence electrons. The highest BCUT2D eigenvalue weighted by molar-refractivity contribution is 5.84. The summed E-state index contributed by atoms with van der Waals surface area (Å²) in [5.74, 6) is 1.23. The molecule has 1 atom stereocenters. The summed E-state index contributed by atoms with van der Waals surface area (Å²) in [6.45, 7) is 14.4. The predicted octanol–water partition coefficient (Wildman–Crippen LogP) is 5.82. The van der Waals surface area contributed by atoms with Gasteiger partial charge in [0.15, 0.2) is 0 Å². The van der Waals surface area contributed by atoms with Crippen molar-refractivity contribution in [1.29, 1.82) is 0 Å². The number of pyridine rings is 2. The van der Waals surface area contributed by atoms with Crippen molar-refractivity contribution in [3.8, 4) is 0 Å². The Balaban J connectivity index is 2.26. The monoisotopic (exact) mass is 350 g/mol. The van der Waals surface area contributed by atoms with Gasteiger partial charge in [0.2, 0.25) is 0 Å². The van der Waals surface area contributed by atoms with Crippen molar-refractivity contribution in [2.75, 3.05) is 12.4 Å². The lowest BCUT2D eigenvalue weighted by Gasteiger charge is -2.18. The topological polar surface area (TPSA) is 41.1 Å². The molecule has 1 unspecified atom stereocenters. The number of allylic oxidation sites excluding steroid dienone is 2. The summed E-state index contributed by atoms with van der Waals surface area (Å²) in [6, 6.07) is 4.17. The summed E-state index contributed by atoms with van der Waals surface area (Å²) in [6.07, 6.45) is 11.1. The van der Waals surface area contributed by atoms with Gasteiger partial charge >= 0.3 is 0 Å². The molecule has 0 radical (unpaired) electrons. The fourth-order valence-electron chi connectivity index (χ4n) is 2.88. The third kappa shape index (κ3) is 4.72. The molecule has 2 rings (SSSR count). The predicted molar refractivity (Wildman–Crippen MR) is 113 cm³/mol. The van der Waals surface area contributed by atoms with E-state index < -0.39 is 0 Å². The smallest absolute Gasteiger partial charge is 0.130 e. The third-order valence-corrected chi connectivity index (χ3v) is 4.66. The molecule has 0 aromatic carbocycles. The first-order valence-corrected chi connectivity index (χ1v) is 9.23. The van der Waals surface area contributed by atoms with Crippen LogP contribution in [0.5, 0.6) is 0 Å². The standard InChI is InChI=1S/C22H30N4/c1-7-10-11-16(4)17(5)25-22-13-18-12-19(14-23-20(18)15-24-22)21(8-2)26(6)9-3/h8-9,12-16H,3,5,7,10-11H2,1-2,4,6H3,(H,24,25)/b21-8-. The average Bonchev–Trinajstić information content (AvgIpc) is 2.66. The van der Waals surface area contributed by atoms with Crippen LogP contribution >= 0.6 is 0 Å². The van der Waals surface area contributed by atoms with Crippen molar-refractivity contribution in [3.05, 3.63) is 61.2 Å². The summed E-state index contributed by atoms with van der Waals surface area (Å²) in [5.41, 5.74) is 4.00. The number of nitrogens with one attached hydrogen (secondary N) is 1. The number of rotatable bonds is 9. The molecule has 0 bridgehead atoms. The summed E-state index contributed by atoms with van der Waals surface area (Å²) >= 11 is 0. The minimum absolute atomic E-state index is 0.424. The van der Waals surface area contributed by atoms with Gasteiger partial charge in [-0.3, -0.25) is 4.98 Å². The van der Waals surface area contributed by atoms with E-state index in [0.717, 1.165) is 40.1 Å². The van der Waals surface area contributed by atoms with Crippen molar-refractivity contribution in [1.82, 2.24) is 14.9 Å². The van der Waals surface area contributed by atoms with Crippen LogP contribution in [0.15, 0.2) is 55.7 Å². The average molecular weight is 351 g/mol. The maximum absolute atomic E-state index is 4.55. The van der Waals surface area contributed by atoms with Gasteiger partial charge in [-0.1, -0.05) is 45.9 Å². The Labute approximate surface area is 157 Å². The second kappa shape index (κ2) is 9.18. The number of anilines is 1. The van der Waals surface area contributed by atoms with E-state index in [0.29, 0.717) is 5.92 Å². The lowest BCUT2D eigenvalue weighted by molar-refractivity contribution is 0.575. The Morgan fingerprint density at radius 3 is 2.73 bits per heavy atom. The minimum Gasteiger partial charge on any atom is -0.351 e. The molecule has 0 fully saturated rings. The zero-order valence-corrected chi connectivity index (χ0v) is 16.4. The van der Waals surface area contributed by atoms with Gasteiger partial charge in [-0.05, 0) is 37.6 Å². The first kappa shape index (κ1) is 19.7. The first-order chi connectivity index (χ1) is 12.5. The normalized spacial score (nSPS) is 12.7. The number of nitrogens with zero attached hydrogens (tertiary/aromatic N) is 3. The van der Waals surface area contributed by atoms with E-state index in [2.05, 4.69) is 54.4 Å². The maximum atomic E-state index is 4.55. The van der Waals surface area contributed by atoms with Crippen LogP contribution in [-0.4, -0.2) is 21.9 Å². The van der Waals surface area contributed by atoms with Gasteiger partial charge in [0, 0.05) is 35.6 Å². The van der Waals surface area contributed by atoms with Crippen LogP contribution in [0.2, 0.25) is 0 Å². The summed E-state index contributed by atoms with van der Waals surface area (Å²) in [4.78, 5) is 11.0. The SMILES string of the molecule is C=CN(C)/C(=C\C)c1cnc2cnc(NC(=C)C(C)CCCC)cc2c1. The van der Waals surface area contributed by atoms with Crippen LogP contribution in [0, 0.1) is 5.92 Å². The zero-order chi connectivity index (χ0) is 19.1. The maximum Gasteiger partial charge on any atom is 0.130 e. The molecule has 0 aliphatic rings. The van der Waals surface area contributed by atoms with Gasteiger partial charge in [-0.25, -0.2) is 4.98 Å². The molecule has 26 heavy (non-hydrogen) atoms. The second-order valence-corrected chi connectivity index (χ2v) is 6.65. The van der Waals surface area contributed by atoms with Gasteiger partial charge in [0.1, 0.15) is 5.82 Å². The Hall–Kier alpha value is -2.62. The van der Waals surface area contributed by atoms with E-state index in [-0.39, 0.29) is 0 Å². The molecule has 2 aromatic heterocycles. The summed E-state index contributed by atoms with van der Waals surface area (Å²) in [7, 11) is 1.98. The molecular weight excluding hydrogens is 320 g/mol. The Kier molecular flexibility index (Phi) is 6.96. The van der Waals surface area contributed by atoms with Crippen LogP contribution in [-0.2, 0) is 0 Å². The van der Waals surface area contributed by atoms with Gasteiger partial charge in [0.25, 0.3) is 0 Å². The van der Waals surface area contributed by atoms with E-state index in [1.807, 2.05) is 31.1 Å². The van der Waals surface area contributed by atoms with E-state index in [1.165, 1.54) is 12.8 Å². The van der Waals surface area contributed by atoms with Gasteiger partial charge < -0.3 is 10.2 Å². The van der Waals surface area contributed by atoms with Crippen LogP contribution in [0.3, 0.4) is 0 Å². The number of hydrogen-bond donors (Lipinski definition) is 1. The quantitative estimate of drug-likeness (QED) is 0.619. The molecule has 2 aromatic rings. The molecular formula is C22H30N4. The van der Waals surface area contributed by atoms with Crippen LogP contribution in [0.25, 0.3) is 16.6 Å². The molecule has 2 heterocycles. The van der Waals surface area contributed by atoms with Crippen LogP contribution in [0.1, 0.15) is 45.6 Å². The minimum atomic E-state index is 0.424. The summed E-state index contributed by atoms with van der Waals surface area (Å²) in [5, 5.41) is 4.41. The molecule has 4 nitrogen and oxygen atoms in total. The Morgan fingerprint density at radius 2 is 2.08 bits per heavy atom. The fraction of sp³-hybridized carbons (Fsp3) is 0.364. The molecule has 0 spiro atoms. The Bertz CT molecular complexity index is 807. The zero-order valence-electron chi connectivity index (χ0n) is 16.4. The molecule has 1 N–H and O–H groups in total. The van der Waals surface area contributed by atoms with Crippen molar-refractivity contribution in [2.24, 2.45) is 5.92 Å². The lowest BCUT2D eigenvalue weighted by Crippen LogP contribution is -2.09. The third-order valence-electron chi connectivity index (χ3n) is 4.66. The highest BCUT2D eigenvalue weighted by Crippen LogP contribution is 2.24. The largest absolute Gasteiger partial charge is 0.351 e. The summed E-state index contributed by atoms with van der Waals surface area (Å²) < 4.78 is 0. The van der Waals surface area contributed by atoms with Gasteiger partial charge in [-0.2, -0.15) is 0 Å².